The molecule has 0 aliphatic carbocycles. The van der Waals surface area contributed by atoms with E-state index >= 15 is 0 Å². The Kier molecular flexibility index (Phi) is 5.36. The third-order valence-electron chi connectivity index (χ3n) is 4.94. The molecule has 0 unspecified atom stereocenters. The highest BCUT2D eigenvalue weighted by atomic mass is 32.1. The number of aromatic carboxylic acids is 1. The van der Waals surface area contributed by atoms with Crippen molar-refractivity contribution in [1.29, 1.82) is 0 Å². The summed E-state index contributed by atoms with van der Waals surface area (Å²) in [6.07, 6.45) is 0. The predicted molar refractivity (Wildman–Crippen MR) is 115 cm³/mol. The molecule has 33 heavy (non-hydrogen) atoms. The van der Waals surface area contributed by atoms with Crippen molar-refractivity contribution in [3.63, 3.8) is 0 Å². The van der Waals surface area contributed by atoms with Crippen molar-refractivity contribution < 1.29 is 27.8 Å². The summed E-state index contributed by atoms with van der Waals surface area (Å²) in [7, 11) is 0. The average Bonchev–Trinajstić information content (AvgIpc) is 3.14. The minimum atomic E-state index is -1.55. The predicted octanol–water partition coefficient (Wildman–Crippen LogP) is 4.17. The van der Waals surface area contributed by atoms with E-state index in [0.29, 0.717) is 4.57 Å². The molecule has 0 spiro atoms. The molecule has 2 heterocycles. The maximum atomic E-state index is 14.7. The van der Waals surface area contributed by atoms with Gasteiger partial charge < -0.3 is 14.8 Å². The number of ether oxygens (including phenoxy) is 1. The number of carbonyl (C=O) groups is 1. The molecule has 0 aliphatic rings. The third kappa shape index (κ3) is 3.80. The molecule has 0 radical (unpaired) electrons. The Balaban J connectivity index is 1.86. The van der Waals surface area contributed by atoms with Gasteiger partial charge in [0.2, 0.25) is 0 Å². The highest BCUT2D eigenvalue weighted by molar-refractivity contribution is 7.13. The smallest absolute Gasteiger partial charge is 0.346 e. The molecule has 170 valence electrons. The standard InChI is InChI=1S/C22H15F3N2O5S/c1-22(2,17-12(24)4-3-5-13(17)25)32-10-6-7-11(23)15(8-10)27-19(28)16-14(26-21(27)31)9-33-18(16)20(29)30/h3-9H,1-2H3,(H,26,31)(H,29,30). The topological polar surface area (TPSA) is 101 Å². The molecule has 2 N–H and O–H groups in total. The van der Waals surface area contributed by atoms with E-state index in [1.54, 1.807) is 0 Å². The SMILES string of the molecule is CC(C)(Oc1ccc(F)c(-n2c(=O)[nH]c3csc(C(=O)O)c3c2=O)c1)c1c(F)cccc1F. The minimum Gasteiger partial charge on any atom is -0.483 e. The van der Waals surface area contributed by atoms with E-state index in [4.69, 9.17) is 4.74 Å². The van der Waals surface area contributed by atoms with Crippen molar-refractivity contribution in [2.75, 3.05) is 0 Å². The van der Waals surface area contributed by atoms with Gasteiger partial charge in [-0.15, -0.1) is 11.3 Å². The first-order valence-corrected chi connectivity index (χ1v) is 10.3. The van der Waals surface area contributed by atoms with Gasteiger partial charge in [0.1, 0.15) is 33.7 Å². The quantitative estimate of drug-likeness (QED) is 0.450. The lowest BCUT2D eigenvalue weighted by atomic mass is 9.96. The summed E-state index contributed by atoms with van der Waals surface area (Å²) in [4.78, 5) is 39.0. The number of rotatable bonds is 5. The molecule has 0 amide bonds. The van der Waals surface area contributed by atoms with Crippen LogP contribution in [0.1, 0.15) is 29.1 Å². The van der Waals surface area contributed by atoms with Crippen LogP contribution in [0.15, 0.2) is 51.4 Å². The first-order chi connectivity index (χ1) is 15.5. The second kappa shape index (κ2) is 7.93. The first-order valence-electron chi connectivity index (χ1n) is 9.44. The van der Waals surface area contributed by atoms with Crippen LogP contribution in [0.5, 0.6) is 5.75 Å². The highest BCUT2D eigenvalue weighted by Gasteiger charge is 2.30. The Morgan fingerprint density at radius 1 is 1.09 bits per heavy atom. The molecule has 0 atom stereocenters. The summed E-state index contributed by atoms with van der Waals surface area (Å²) in [6, 6.07) is 6.43. The Hall–Kier alpha value is -3.86. The van der Waals surface area contributed by atoms with Crippen LogP contribution < -0.4 is 16.0 Å². The van der Waals surface area contributed by atoms with E-state index < -0.39 is 46.0 Å². The molecule has 7 nitrogen and oxygen atoms in total. The fourth-order valence-corrected chi connectivity index (χ4v) is 4.39. The number of nitrogens with zero attached hydrogens (tertiary/aromatic N) is 1. The molecule has 11 heteroatoms. The zero-order chi connectivity index (χ0) is 24.1. The minimum absolute atomic E-state index is 0.00706. The molecule has 0 aliphatic heterocycles. The van der Waals surface area contributed by atoms with Gasteiger partial charge in [-0.2, -0.15) is 0 Å². The molecule has 2 aromatic carbocycles. The van der Waals surface area contributed by atoms with Gasteiger partial charge in [0.05, 0.1) is 22.2 Å². The Bertz CT molecular complexity index is 1520. The summed E-state index contributed by atoms with van der Waals surface area (Å²) < 4.78 is 49.4. The second-order valence-electron chi connectivity index (χ2n) is 7.55. The van der Waals surface area contributed by atoms with Gasteiger partial charge >= 0.3 is 11.7 Å². The van der Waals surface area contributed by atoms with Crippen molar-refractivity contribution >= 4 is 28.2 Å². The van der Waals surface area contributed by atoms with E-state index in [9.17, 15) is 32.7 Å². The summed E-state index contributed by atoms with van der Waals surface area (Å²) >= 11 is 0.741. The van der Waals surface area contributed by atoms with Crippen molar-refractivity contribution in [2.24, 2.45) is 0 Å². The van der Waals surface area contributed by atoms with Gasteiger partial charge in [-0.05, 0) is 38.1 Å². The number of benzene rings is 2. The number of aromatic nitrogens is 2. The monoisotopic (exact) mass is 476 g/mol. The van der Waals surface area contributed by atoms with Crippen LogP contribution in [0.4, 0.5) is 13.2 Å². The van der Waals surface area contributed by atoms with Gasteiger partial charge in [0.15, 0.2) is 0 Å². The zero-order valence-corrected chi connectivity index (χ0v) is 17.9. The number of hydrogen-bond donors (Lipinski definition) is 2. The van der Waals surface area contributed by atoms with E-state index in [0.717, 1.165) is 35.6 Å². The van der Waals surface area contributed by atoms with Crippen LogP contribution in [0.3, 0.4) is 0 Å². The molecule has 2 aromatic heterocycles. The van der Waals surface area contributed by atoms with Crippen LogP contribution in [-0.4, -0.2) is 20.6 Å². The highest BCUT2D eigenvalue weighted by Crippen LogP contribution is 2.32. The first kappa shape index (κ1) is 22.3. The number of carboxylic acids is 1. The Morgan fingerprint density at radius 2 is 1.76 bits per heavy atom. The van der Waals surface area contributed by atoms with Crippen molar-refractivity contribution in [2.45, 2.75) is 19.4 Å². The van der Waals surface area contributed by atoms with E-state index in [-0.39, 0.29) is 27.1 Å². The van der Waals surface area contributed by atoms with Gasteiger partial charge in [-0.1, -0.05) is 6.07 Å². The number of thiophene rings is 1. The number of aromatic amines is 1. The lowest BCUT2D eigenvalue weighted by Gasteiger charge is -2.28. The second-order valence-corrected chi connectivity index (χ2v) is 8.43. The maximum absolute atomic E-state index is 14.7. The molecule has 0 bridgehead atoms. The van der Waals surface area contributed by atoms with Crippen LogP contribution in [0.2, 0.25) is 0 Å². The zero-order valence-electron chi connectivity index (χ0n) is 17.1. The van der Waals surface area contributed by atoms with Gasteiger partial charge in [0.25, 0.3) is 5.56 Å². The summed E-state index contributed by atoms with van der Waals surface area (Å²) in [5, 5.41) is 10.3. The van der Waals surface area contributed by atoms with Gasteiger partial charge in [0, 0.05) is 11.4 Å². The van der Waals surface area contributed by atoms with Gasteiger partial charge in [-0.25, -0.2) is 27.3 Å². The lowest BCUT2D eigenvalue weighted by molar-refractivity contribution is 0.0703. The number of carboxylic acid groups (broad SMARTS) is 1. The summed E-state index contributed by atoms with van der Waals surface area (Å²) in [5.41, 5.74) is -4.46. The van der Waals surface area contributed by atoms with Crippen molar-refractivity contribution in [1.82, 2.24) is 9.55 Å². The molecule has 0 saturated carbocycles. The van der Waals surface area contributed by atoms with Gasteiger partial charge in [-0.3, -0.25) is 4.79 Å². The maximum Gasteiger partial charge on any atom is 0.346 e. The number of H-pyrrole nitrogens is 1. The largest absolute Gasteiger partial charge is 0.483 e. The van der Waals surface area contributed by atoms with Crippen LogP contribution in [0, 0.1) is 17.5 Å². The lowest BCUT2D eigenvalue weighted by Crippen LogP contribution is -2.34. The van der Waals surface area contributed by atoms with E-state index in [2.05, 4.69) is 4.98 Å². The van der Waals surface area contributed by atoms with Crippen LogP contribution in [-0.2, 0) is 5.60 Å². The van der Waals surface area contributed by atoms with Crippen molar-refractivity contribution in [3.8, 4) is 11.4 Å². The van der Waals surface area contributed by atoms with Crippen LogP contribution >= 0.6 is 11.3 Å². The third-order valence-corrected chi connectivity index (χ3v) is 5.91. The molecular formula is C22H15F3N2O5S. The molecule has 4 aromatic rings. The Labute approximate surface area is 187 Å². The number of fused-ring (bicyclic) bond motifs is 1. The summed E-state index contributed by atoms with van der Waals surface area (Å²) in [6.45, 7) is 2.79. The molecule has 0 saturated heterocycles. The number of nitrogens with one attached hydrogen (secondary N) is 1. The molecular weight excluding hydrogens is 461 g/mol. The molecule has 4 rings (SSSR count). The number of hydrogen-bond acceptors (Lipinski definition) is 5. The Morgan fingerprint density at radius 3 is 2.39 bits per heavy atom. The number of halogens is 3. The summed E-state index contributed by atoms with van der Waals surface area (Å²) in [5.74, 6) is -4.14. The molecule has 0 fully saturated rings. The average molecular weight is 476 g/mol. The van der Waals surface area contributed by atoms with E-state index in [1.165, 1.54) is 31.4 Å². The van der Waals surface area contributed by atoms with E-state index in [1.807, 2.05) is 0 Å². The fraction of sp³-hybridized carbons (Fsp3) is 0.136. The van der Waals surface area contributed by atoms with Crippen LogP contribution in [0.25, 0.3) is 16.6 Å². The fourth-order valence-electron chi connectivity index (χ4n) is 3.56. The normalized spacial score (nSPS) is 11.7. The van der Waals surface area contributed by atoms with Crippen molar-refractivity contribution in [3.05, 3.63) is 90.5 Å².